The van der Waals surface area contributed by atoms with Crippen molar-refractivity contribution in [2.45, 2.75) is 0 Å². The molecule has 1 amide bonds. The van der Waals surface area contributed by atoms with E-state index in [1.165, 1.54) is 34.2 Å². The number of thiophene rings is 1. The van der Waals surface area contributed by atoms with Gasteiger partial charge in [0.15, 0.2) is 0 Å². The molecule has 0 saturated heterocycles. The first-order chi connectivity index (χ1) is 12.0. The van der Waals surface area contributed by atoms with Crippen molar-refractivity contribution in [2.24, 2.45) is 7.05 Å². The van der Waals surface area contributed by atoms with Crippen molar-refractivity contribution >= 4 is 28.9 Å². The lowest BCUT2D eigenvalue weighted by Crippen LogP contribution is -2.18. The van der Waals surface area contributed by atoms with Crippen LogP contribution >= 0.6 is 11.3 Å². The lowest BCUT2D eigenvalue weighted by Gasteiger charge is -2.07. The predicted octanol–water partition coefficient (Wildman–Crippen LogP) is 2.92. The fourth-order valence-electron chi connectivity index (χ4n) is 2.05. The molecule has 2 heterocycles. The van der Waals surface area contributed by atoms with E-state index in [9.17, 15) is 14.4 Å². The summed E-state index contributed by atoms with van der Waals surface area (Å²) < 4.78 is 6.59. The fraction of sp³-hybridized carbons (Fsp3) is 0.0556. The fourth-order valence-corrected chi connectivity index (χ4v) is 2.67. The average Bonchev–Trinajstić information content (AvgIpc) is 3.14. The minimum Gasteiger partial charge on any atom is -0.423 e. The van der Waals surface area contributed by atoms with Crippen LogP contribution in [0.2, 0.25) is 0 Å². The van der Waals surface area contributed by atoms with Gasteiger partial charge in [0, 0.05) is 25.0 Å². The number of ether oxygens (including phenoxy) is 1. The molecule has 126 valence electrons. The zero-order valence-corrected chi connectivity index (χ0v) is 14.1. The number of hydrogen-bond donors (Lipinski definition) is 1. The van der Waals surface area contributed by atoms with Crippen molar-refractivity contribution in [3.63, 3.8) is 0 Å². The quantitative estimate of drug-likeness (QED) is 0.577. The average molecular weight is 354 g/mol. The summed E-state index contributed by atoms with van der Waals surface area (Å²) in [4.78, 5) is 36.2. The van der Waals surface area contributed by atoms with Crippen molar-refractivity contribution in [1.82, 2.24) is 4.57 Å². The molecule has 0 aliphatic carbocycles. The number of rotatable bonds is 4. The van der Waals surface area contributed by atoms with Gasteiger partial charge in [-0.3, -0.25) is 9.59 Å². The van der Waals surface area contributed by atoms with Gasteiger partial charge in [0.25, 0.3) is 11.5 Å². The molecule has 1 aromatic carbocycles. The summed E-state index contributed by atoms with van der Waals surface area (Å²) in [5.74, 6) is -0.493. The number of aryl methyl sites for hydroxylation is 1. The van der Waals surface area contributed by atoms with E-state index in [0.29, 0.717) is 16.3 Å². The first kappa shape index (κ1) is 16.7. The van der Waals surface area contributed by atoms with Crippen LogP contribution in [0.15, 0.2) is 64.9 Å². The van der Waals surface area contributed by atoms with E-state index >= 15 is 0 Å². The molecular formula is C18H14N2O4S. The van der Waals surface area contributed by atoms with Gasteiger partial charge in [-0.05, 0) is 41.8 Å². The molecule has 0 atom stereocenters. The maximum absolute atomic E-state index is 12.1. The molecule has 0 bridgehead atoms. The normalized spacial score (nSPS) is 10.3. The molecule has 6 nitrogen and oxygen atoms in total. The topological polar surface area (TPSA) is 77.4 Å². The van der Waals surface area contributed by atoms with Crippen molar-refractivity contribution in [2.75, 3.05) is 5.32 Å². The number of esters is 1. The molecule has 7 heteroatoms. The summed E-state index contributed by atoms with van der Waals surface area (Å²) in [6.07, 6.45) is 1.50. The van der Waals surface area contributed by atoms with E-state index in [2.05, 4.69) is 5.32 Å². The molecule has 3 rings (SSSR count). The number of nitrogens with zero attached hydrogens (tertiary/aromatic N) is 1. The van der Waals surface area contributed by atoms with Gasteiger partial charge in [0.1, 0.15) is 5.75 Å². The van der Waals surface area contributed by atoms with Gasteiger partial charge in [-0.15, -0.1) is 11.3 Å². The monoisotopic (exact) mass is 354 g/mol. The second-order valence-corrected chi connectivity index (χ2v) is 6.16. The maximum Gasteiger partial charge on any atom is 0.343 e. The van der Waals surface area contributed by atoms with Gasteiger partial charge in [0.2, 0.25) is 0 Å². The number of anilines is 1. The lowest BCUT2D eigenvalue weighted by atomic mass is 10.2. The summed E-state index contributed by atoms with van der Waals surface area (Å²) in [7, 11) is 1.60. The first-order valence-electron chi connectivity index (χ1n) is 7.37. The summed E-state index contributed by atoms with van der Waals surface area (Å²) >= 11 is 1.35. The summed E-state index contributed by atoms with van der Waals surface area (Å²) in [6.45, 7) is 0. The highest BCUT2D eigenvalue weighted by Gasteiger charge is 2.11. The number of amides is 1. The number of benzene rings is 1. The number of carbonyl (C=O) groups is 2. The van der Waals surface area contributed by atoms with Gasteiger partial charge in [-0.25, -0.2) is 4.79 Å². The standard InChI is InChI=1S/C18H14N2O4S/c1-20-9-8-12(11-16(20)21)18(23)24-14-6-4-13(5-7-14)19-17(22)15-3-2-10-25-15/h2-11H,1H3,(H,19,22). The van der Waals surface area contributed by atoms with E-state index < -0.39 is 5.97 Å². The molecule has 0 aliphatic heterocycles. The predicted molar refractivity (Wildman–Crippen MR) is 95.4 cm³/mol. The van der Waals surface area contributed by atoms with Crippen molar-refractivity contribution in [1.29, 1.82) is 0 Å². The summed E-state index contributed by atoms with van der Waals surface area (Å²) in [5.41, 5.74) is 0.478. The Morgan fingerprint density at radius 3 is 2.52 bits per heavy atom. The Labute approximate surface area is 147 Å². The molecule has 3 aromatic rings. The van der Waals surface area contributed by atoms with E-state index in [0.717, 1.165) is 0 Å². The van der Waals surface area contributed by atoms with Gasteiger partial charge >= 0.3 is 5.97 Å². The third-order valence-electron chi connectivity index (χ3n) is 3.41. The van der Waals surface area contributed by atoms with E-state index in [1.807, 2.05) is 5.38 Å². The van der Waals surface area contributed by atoms with Crippen LogP contribution in [0.1, 0.15) is 20.0 Å². The first-order valence-corrected chi connectivity index (χ1v) is 8.25. The third-order valence-corrected chi connectivity index (χ3v) is 4.28. The Morgan fingerprint density at radius 1 is 1.12 bits per heavy atom. The Bertz CT molecular complexity index is 959. The Hall–Kier alpha value is -3.19. The third kappa shape index (κ3) is 4.02. The van der Waals surface area contributed by atoms with E-state index in [1.54, 1.807) is 43.4 Å². The van der Waals surface area contributed by atoms with Gasteiger partial charge in [-0.1, -0.05) is 6.07 Å². The van der Waals surface area contributed by atoms with Crippen LogP contribution < -0.4 is 15.6 Å². The van der Waals surface area contributed by atoms with Crippen molar-refractivity contribution < 1.29 is 14.3 Å². The second-order valence-electron chi connectivity index (χ2n) is 5.21. The molecule has 0 aliphatic rings. The lowest BCUT2D eigenvalue weighted by molar-refractivity contribution is 0.0734. The smallest absolute Gasteiger partial charge is 0.343 e. The largest absolute Gasteiger partial charge is 0.423 e. The molecular weight excluding hydrogens is 340 g/mol. The van der Waals surface area contributed by atoms with Crippen LogP contribution in [0.3, 0.4) is 0 Å². The highest BCUT2D eigenvalue weighted by molar-refractivity contribution is 7.12. The molecule has 0 unspecified atom stereocenters. The van der Waals surface area contributed by atoms with Gasteiger partial charge in [0.05, 0.1) is 10.4 Å². The molecule has 25 heavy (non-hydrogen) atoms. The zero-order valence-electron chi connectivity index (χ0n) is 13.3. The highest BCUT2D eigenvalue weighted by atomic mass is 32.1. The number of nitrogens with one attached hydrogen (secondary N) is 1. The van der Waals surface area contributed by atoms with Crippen molar-refractivity contribution in [3.8, 4) is 5.75 Å². The van der Waals surface area contributed by atoms with Gasteiger partial charge < -0.3 is 14.6 Å². The van der Waals surface area contributed by atoms with E-state index in [4.69, 9.17) is 4.74 Å². The summed E-state index contributed by atoms with van der Waals surface area (Å²) in [5, 5.41) is 4.58. The van der Waals surface area contributed by atoms with Crippen LogP contribution in [0, 0.1) is 0 Å². The molecule has 1 N–H and O–H groups in total. The van der Waals surface area contributed by atoms with Crippen LogP contribution in [0.25, 0.3) is 0 Å². The Kier molecular flexibility index (Phi) is 4.76. The minimum absolute atomic E-state index is 0.179. The SMILES string of the molecule is Cn1ccc(C(=O)Oc2ccc(NC(=O)c3cccs3)cc2)cc1=O. The molecule has 0 fully saturated rings. The minimum atomic E-state index is -0.618. The van der Waals surface area contributed by atoms with Gasteiger partial charge in [-0.2, -0.15) is 0 Å². The van der Waals surface area contributed by atoms with Crippen molar-refractivity contribution in [3.05, 3.63) is 80.9 Å². The van der Waals surface area contributed by atoms with E-state index in [-0.39, 0.29) is 17.0 Å². The molecule has 0 spiro atoms. The molecule has 0 radical (unpaired) electrons. The number of aromatic nitrogens is 1. The molecule has 2 aromatic heterocycles. The number of carbonyl (C=O) groups excluding carboxylic acids is 2. The maximum atomic E-state index is 12.1. The zero-order chi connectivity index (χ0) is 17.8. The Balaban J connectivity index is 1.66. The van der Waals surface area contributed by atoms with Crippen LogP contribution in [-0.2, 0) is 7.05 Å². The second kappa shape index (κ2) is 7.14. The number of pyridine rings is 1. The van der Waals surface area contributed by atoms with Crippen LogP contribution in [0.4, 0.5) is 5.69 Å². The summed E-state index contributed by atoms with van der Waals surface area (Å²) in [6, 6.07) is 12.7. The Morgan fingerprint density at radius 2 is 1.88 bits per heavy atom. The highest BCUT2D eigenvalue weighted by Crippen LogP contribution is 2.18. The number of hydrogen-bond acceptors (Lipinski definition) is 5. The van der Waals surface area contributed by atoms with Crippen LogP contribution in [0.5, 0.6) is 5.75 Å². The van der Waals surface area contributed by atoms with Crippen LogP contribution in [-0.4, -0.2) is 16.4 Å². The molecule has 0 saturated carbocycles.